The predicted molar refractivity (Wildman–Crippen MR) is 101 cm³/mol. The first kappa shape index (κ1) is 16.6. The number of hydrogen-bond donors (Lipinski definition) is 2. The molecule has 3 aromatic heterocycles. The molecule has 134 valence electrons. The van der Waals surface area contributed by atoms with Gasteiger partial charge in [0.05, 0.1) is 23.2 Å². The second kappa shape index (κ2) is 7.17. The lowest BCUT2D eigenvalue weighted by atomic mass is 10.2. The SMILES string of the molecule is COc1ccc(C(=O)NC2CCN(c3cc(-c4cccs4)[nH]n3)C2)cn1. The third-order valence-electron chi connectivity index (χ3n) is 4.41. The quantitative estimate of drug-likeness (QED) is 0.722. The van der Waals surface area contributed by atoms with E-state index in [4.69, 9.17) is 4.74 Å². The fourth-order valence-corrected chi connectivity index (χ4v) is 3.71. The van der Waals surface area contributed by atoms with Crippen LogP contribution in [0.2, 0.25) is 0 Å². The largest absolute Gasteiger partial charge is 0.481 e. The molecule has 0 radical (unpaired) electrons. The van der Waals surface area contributed by atoms with Gasteiger partial charge in [-0.05, 0) is 23.9 Å². The normalized spacial score (nSPS) is 16.7. The van der Waals surface area contributed by atoms with E-state index in [9.17, 15) is 4.79 Å². The molecule has 1 atom stereocenters. The van der Waals surface area contributed by atoms with Crippen LogP contribution in [0.4, 0.5) is 5.82 Å². The molecule has 0 saturated carbocycles. The van der Waals surface area contributed by atoms with Gasteiger partial charge in [-0.15, -0.1) is 11.3 Å². The Hall–Kier alpha value is -2.87. The number of hydrogen-bond acceptors (Lipinski definition) is 6. The maximum absolute atomic E-state index is 12.4. The number of aromatic amines is 1. The summed E-state index contributed by atoms with van der Waals surface area (Å²) in [5, 5.41) is 12.6. The van der Waals surface area contributed by atoms with Gasteiger partial charge in [0.2, 0.25) is 5.88 Å². The van der Waals surface area contributed by atoms with E-state index in [2.05, 4.69) is 37.5 Å². The van der Waals surface area contributed by atoms with Gasteiger partial charge in [0, 0.05) is 37.5 Å². The molecule has 1 saturated heterocycles. The first-order valence-corrected chi connectivity index (χ1v) is 9.26. The predicted octanol–water partition coefficient (Wildman–Crippen LogP) is 2.55. The maximum atomic E-state index is 12.4. The minimum Gasteiger partial charge on any atom is -0.481 e. The highest BCUT2D eigenvalue weighted by Crippen LogP contribution is 2.27. The molecule has 26 heavy (non-hydrogen) atoms. The van der Waals surface area contributed by atoms with Gasteiger partial charge in [-0.2, -0.15) is 5.10 Å². The monoisotopic (exact) mass is 369 g/mol. The second-order valence-electron chi connectivity index (χ2n) is 6.11. The first-order chi connectivity index (χ1) is 12.7. The zero-order valence-corrected chi connectivity index (χ0v) is 15.1. The number of carbonyl (C=O) groups excluding carboxylic acids is 1. The lowest BCUT2D eigenvalue weighted by Crippen LogP contribution is -2.37. The molecule has 1 aliphatic heterocycles. The van der Waals surface area contributed by atoms with E-state index in [1.165, 1.54) is 11.1 Å². The molecule has 0 aliphatic carbocycles. The van der Waals surface area contributed by atoms with E-state index in [-0.39, 0.29) is 11.9 Å². The van der Waals surface area contributed by atoms with Crippen molar-refractivity contribution in [2.24, 2.45) is 0 Å². The van der Waals surface area contributed by atoms with E-state index in [1.54, 1.807) is 30.6 Å². The third-order valence-corrected chi connectivity index (χ3v) is 5.31. The molecule has 2 N–H and O–H groups in total. The number of methoxy groups -OCH3 is 1. The fourth-order valence-electron chi connectivity index (χ4n) is 3.02. The van der Waals surface area contributed by atoms with Crippen molar-refractivity contribution < 1.29 is 9.53 Å². The number of nitrogens with one attached hydrogen (secondary N) is 2. The van der Waals surface area contributed by atoms with E-state index in [0.717, 1.165) is 31.0 Å². The van der Waals surface area contributed by atoms with Crippen LogP contribution in [0.1, 0.15) is 16.8 Å². The number of aromatic nitrogens is 3. The number of thiophene rings is 1. The average molecular weight is 369 g/mol. The number of H-pyrrole nitrogens is 1. The van der Waals surface area contributed by atoms with E-state index < -0.39 is 0 Å². The van der Waals surface area contributed by atoms with Crippen LogP contribution >= 0.6 is 11.3 Å². The minimum atomic E-state index is -0.117. The second-order valence-corrected chi connectivity index (χ2v) is 7.06. The van der Waals surface area contributed by atoms with Crippen molar-refractivity contribution in [3.8, 4) is 16.5 Å². The summed E-state index contributed by atoms with van der Waals surface area (Å²) in [5.74, 6) is 1.29. The van der Waals surface area contributed by atoms with Gasteiger partial charge >= 0.3 is 0 Å². The summed E-state index contributed by atoms with van der Waals surface area (Å²) in [5.41, 5.74) is 1.55. The van der Waals surface area contributed by atoms with Crippen LogP contribution in [0, 0.1) is 0 Å². The molecular weight excluding hydrogens is 350 g/mol. The topological polar surface area (TPSA) is 83.1 Å². The minimum absolute atomic E-state index is 0.0893. The summed E-state index contributed by atoms with van der Waals surface area (Å²) >= 11 is 1.68. The first-order valence-electron chi connectivity index (χ1n) is 8.38. The van der Waals surface area contributed by atoms with Crippen LogP contribution in [0.25, 0.3) is 10.6 Å². The van der Waals surface area contributed by atoms with Crippen LogP contribution in [0.3, 0.4) is 0 Å². The van der Waals surface area contributed by atoms with E-state index in [0.29, 0.717) is 11.4 Å². The average Bonchev–Trinajstić information content (AvgIpc) is 3.41. The van der Waals surface area contributed by atoms with Crippen molar-refractivity contribution in [3.63, 3.8) is 0 Å². The van der Waals surface area contributed by atoms with E-state index in [1.807, 2.05) is 11.4 Å². The van der Waals surface area contributed by atoms with Gasteiger partial charge in [0.15, 0.2) is 5.82 Å². The van der Waals surface area contributed by atoms with Crippen molar-refractivity contribution in [2.45, 2.75) is 12.5 Å². The highest BCUT2D eigenvalue weighted by molar-refractivity contribution is 7.13. The summed E-state index contributed by atoms with van der Waals surface area (Å²) in [6, 6.07) is 9.64. The lowest BCUT2D eigenvalue weighted by Gasteiger charge is -2.16. The Kier molecular flexibility index (Phi) is 4.57. The smallest absolute Gasteiger partial charge is 0.253 e. The van der Waals surface area contributed by atoms with Crippen molar-refractivity contribution in [2.75, 3.05) is 25.1 Å². The van der Waals surface area contributed by atoms with Gasteiger partial charge in [0.25, 0.3) is 5.91 Å². The molecule has 0 spiro atoms. The van der Waals surface area contributed by atoms with Crippen LogP contribution in [0.5, 0.6) is 5.88 Å². The Morgan fingerprint density at radius 2 is 2.35 bits per heavy atom. The highest BCUT2D eigenvalue weighted by atomic mass is 32.1. The number of pyridine rings is 1. The molecule has 1 fully saturated rings. The Labute approximate surface area is 155 Å². The van der Waals surface area contributed by atoms with Gasteiger partial charge in [-0.25, -0.2) is 4.98 Å². The molecule has 8 heteroatoms. The molecule has 7 nitrogen and oxygen atoms in total. The Balaban J connectivity index is 1.37. The Morgan fingerprint density at radius 1 is 1.42 bits per heavy atom. The van der Waals surface area contributed by atoms with Crippen molar-refractivity contribution >= 4 is 23.1 Å². The zero-order chi connectivity index (χ0) is 17.9. The number of amides is 1. The van der Waals surface area contributed by atoms with E-state index >= 15 is 0 Å². The summed E-state index contributed by atoms with van der Waals surface area (Å²) in [7, 11) is 1.55. The standard InChI is InChI=1S/C18H19N5O2S/c1-25-17-5-4-12(10-19-17)18(24)20-13-6-7-23(11-13)16-9-14(21-22-16)15-3-2-8-26-15/h2-5,8-10,13H,6-7,11H2,1H3,(H,20,24)(H,21,22). The van der Waals surface area contributed by atoms with Crippen molar-refractivity contribution in [3.05, 3.63) is 47.5 Å². The zero-order valence-electron chi connectivity index (χ0n) is 14.3. The molecule has 0 aromatic carbocycles. The van der Waals surface area contributed by atoms with Gasteiger partial charge < -0.3 is 15.0 Å². The molecule has 4 rings (SSSR count). The van der Waals surface area contributed by atoms with Crippen molar-refractivity contribution in [1.82, 2.24) is 20.5 Å². The molecule has 1 amide bonds. The fraction of sp³-hybridized carbons (Fsp3) is 0.278. The molecule has 1 aliphatic rings. The summed E-state index contributed by atoms with van der Waals surface area (Å²) in [6.07, 6.45) is 2.42. The lowest BCUT2D eigenvalue weighted by molar-refractivity contribution is 0.0940. The number of carbonyl (C=O) groups is 1. The molecule has 4 heterocycles. The van der Waals surface area contributed by atoms with Gasteiger partial charge in [-0.1, -0.05) is 6.07 Å². The summed E-state index contributed by atoms with van der Waals surface area (Å²) < 4.78 is 5.02. The van der Waals surface area contributed by atoms with Crippen LogP contribution in [0.15, 0.2) is 41.9 Å². The molecular formula is C18H19N5O2S. The molecule has 1 unspecified atom stereocenters. The Morgan fingerprint density at radius 3 is 3.08 bits per heavy atom. The number of anilines is 1. The van der Waals surface area contributed by atoms with Crippen LogP contribution < -0.4 is 15.0 Å². The number of nitrogens with zero attached hydrogens (tertiary/aromatic N) is 3. The molecule has 0 bridgehead atoms. The summed E-state index contributed by atoms with van der Waals surface area (Å²) in [6.45, 7) is 1.60. The van der Waals surface area contributed by atoms with Crippen LogP contribution in [-0.4, -0.2) is 47.3 Å². The van der Waals surface area contributed by atoms with Crippen molar-refractivity contribution in [1.29, 1.82) is 0 Å². The summed E-state index contributed by atoms with van der Waals surface area (Å²) in [4.78, 5) is 19.8. The number of ether oxygens (including phenoxy) is 1. The molecule has 3 aromatic rings. The number of rotatable bonds is 5. The highest BCUT2D eigenvalue weighted by Gasteiger charge is 2.26. The van der Waals surface area contributed by atoms with Gasteiger partial charge in [-0.3, -0.25) is 9.89 Å². The van der Waals surface area contributed by atoms with Crippen LogP contribution in [-0.2, 0) is 0 Å². The maximum Gasteiger partial charge on any atom is 0.253 e. The Bertz CT molecular complexity index is 875. The van der Waals surface area contributed by atoms with Gasteiger partial charge in [0.1, 0.15) is 0 Å². The third kappa shape index (κ3) is 3.41.